The number of nitrogens with zero attached hydrogens (tertiary/aromatic N) is 3. The Morgan fingerprint density at radius 1 is 1.43 bits per heavy atom. The van der Waals surface area contributed by atoms with Crippen molar-refractivity contribution < 1.29 is 9.90 Å². The number of aliphatic hydroxyl groups is 1. The molecule has 0 aromatic carbocycles. The van der Waals surface area contributed by atoms with Crippen LogP contribution in [0.5, 0.6) is 0 Å². The predicted octanol–water partition coefficient (Wildman–Crippen LogP) is 2.33. The second kappa shape index (κ2) is 6.18. The van der Waals surface area contributed by atoms with Crippen LogP contribution >= 0.6 is 0 Å². The number of aromatic nitrogens is 2. The highest BCUT2D eigenvalue weighted by atomic mass is 16.3. The number of hydrogen-bond donors (Lipinski definition) is 1. The first kappa shape index (κ1) is 16.0. The van der Waals surface area contributed by atoms with Crippen LogP contribution in [0.4, 0.5) is 0 Å². The summed E-state index contributed by atoms with van der Waals surface area (Å²) >= 11 is 0. The molecule has 1 atom stereocenters. The maximum Gasteiger partial charge on any atom is 0.274 e. The van der Waals surface area contributed by atoms with E-state index in [0.717, 1.165) is 19.4 Å². The van der Waals surface area contributed by atoms with Crippen molar-refractivity contribution in [3.8, 4) is 0 Å². The number of aliphatic hydroxyl groups excluding tert-OH is 1. The minimum atomic E-state index is -0.172. The average molecular weight is 293 g/mol. The van der Waals surface area contributed by atoms with E-state index in [4.69, 9.17) is 0 Å². The normalized spacial score (nSPS) is 23.1. The SMILES string of the molecule is CC(C)n1ccc(C(=O)N2CCC[C@@](CO)(C(C)C)C2)n1. The molecule has 0 aliphatic carbocycles. The first-order valence-corrected chi connectivity index (χ1v) is 7.85. The monoisotopic (exact) mass is 293 g/mol. The Morgan fingerprint density at radius 2 is 2.14 bits per heavy atom. The lowest BCUT2D eigenvalue weighted by Gasteiger charge is -2.44. The molecule has 0 bridgehead atoms. The van der Waals surface area contributed by atoms with Crippen molar-refractivity contribution in [3.05, 3.63) is 18.0 Å². The van der Waals surface area contributed by atoms with Crippen molar-refractivity contribution in [1.82, 2.24) is 14.7 Å². The summed E-state index contributed by atoms with van der Waals surface area (Å²) in [6, 6.07) is 2.03. The molecule has 1 amide bonds. The predicted molar refractivity (Wildman–Crippen MR) is 82.1 cm³/mol. The molecule has 2 heterocycles. The molecule has 21 heavy (non-hydrogen) atoms. The molecule has 1 aliphatic rings. The van der Waals surface area contributed by atoms with Crippen LogP contribution in [0.2, 0.25) is 0 Å². The standard InChI is InChI=1S/C16H27N3O2/c1-12(2)16(11-20)7-5-8-18(10-16)15(21)14-6-9-19(17-14)13(3)4/h6,9,12-13,20H,5,7-8,10-11H2,1-4H3/t16-/m1/s1. The second-order valence-electron chi connectivity index (χ2n) is 6.78. The van der Waals surface area contributed by atoms with Crippen LogP contribution in [0.1, 0.15) is 57.1 Å². The van der Waals surface area contributed by atoms with E-state index in [1.165, 1.54) is 0 Å². The lowest BCUT2D eigenvalue weighted by molar-refractivity contribution is 0.000422. The van der Waals surface area contributed by atoms with Gasteiger partial charge in [-0.25, -0.2) is 0 Å². The highest BCUT2D eigenvalue weighted by Gasteiger charge is 2.39. The van der Waals surface area contributed by atoms with E-state index in [0.29, 0.717) is 18.2 Å². The van der Waals surface area contributed by atoms with Crippen molar-refractivity contribution >= 4 is 5.91 Å². The molecular formula is C16H27N3O2. The summed E-state index contributed by atoms with van der Waals surface area (Å²) in [5, 5.41) is 14.2. The third-order valence-electron chi connectivity index (χ3n) is 4.79. The Hall–Kier alpha value is -1.36. The van der Waals surface area contributed by atoms with Gasteiger partial charge in [0.2, 0.25) is 0 Å². The fourth-order valence-corrected chi connectivity index (χ4v) is 3.02. The molecule has 0 radical (unpaired) electrons. The topological polar surface area (TPSA) is 58.4 Å². The van der Waals surface area contributed by atoms with E-state index >= 15 is 0 Å². The summed E-state index contributed by atoms with van der Waals surface area (Å²) in [6.45, 7) is 9.83. The molecule has 1 N–H and O–H groups in total. The van der Waals surface area contributed by atoms with Crippen LogP contribution in [0.15, 0.2) is 12.3 Å². The third-order valence-corrected chi connectivity index (χ3v) is 4.79. The van der Waals surface area contributed by atoms with Crippen molar-refractivity contribution in [3.63, 3.8) is 0 Å². The summed E-state index contributed by atoms with van der Waals surface area (Å²) in [6.07, 6.45) is 3.77. The molecule has 1 saturated heterocycles. The molecular weight excluding hydrogens is 266 g/mol. The van der Waals surface area contributed by atoms with Crippen LogP contribution in [0, 0.1) is 11.3 Å². The van der Waals surface area contributed by atoms with E-state index in [-0.39, 0.29) is 24.0 Å². The maximum atomic E-state index is 12.6. The highest BCUT2D eigenvalue weighted by Crippen LogP contribution is 2.37. The summed E-state index contributed by atoms with van der Waals surface area (Å²) in [4.78, 5) is 14.5. The van der Waals surface area contributed by atoms with E-state index in [1.807, 2.05) is 24.9 Å². The molecule has 1 aliphatic heterocycles. The Labute approximate surface area is 126 Å². The summed E-state index contributed by atoms with van der Waals surface area (Å²) in [7, 11) is 0. The van der Waals surface area contributed by atoms with E-state index in [2.05, 4.69) is 18.9 Å². The Balaban J connectivity index is 2.15. The average Bonchev–Trinajstić information content (AvgIpc) is 2.96. The number of piperidine rings is 1. The number of carbonyl (C=O) groups is 1. The van der Waals surface area contributed by atoms with Crippen molar-refractivity contribution in [2.24, 2.45) is 11.3 Å². The van der Waals surface area contributed by atoms with Crippen LogP contribution < -0.4 is 0 Å². The molecule has 5 nitrogen and oxygen atoms in total. The first-order valence-electron chi connectivity index (χ1n) is 7.85. The van der Waals surface area contributed by atoms with E-state index in [1.54, 1.807) is 10.7 Å². The highest BCUT2D eigenvalue weighted by molar-refractivity contribution is 5.92. The lowest BCUT2D eigenvalue weighted by Crippen LogP contribution is -2.50. The van der Waals surface area contributed by atoms with Gasteiger partial charge in [-0.1, -0.05) is 13.8 Å². The van der Waals surface area contributed by atoms with Gasteiger partial charge in [0, 0.05) is 30.7 Å². The number of amides is 1. The van der Waals surface area contributed by atoms with Gasteiger partial charge in [-0.05, 0) is 38.7 Å². The van der Waals surface area contributed by atoms with Crippen molar-refractivity contribution in [1.29, 1.82) is 0 Å². The zero-order chi connectivity index (χ0) is 15.6. The lowest BCUT2D eigenvalue weighted by atomic mass is 9.72. The minimum absolute atomic E-state index is 0.0208. The number of likely N-dealkylation sites (tertiary alicyclic amines) is 1. The quantitative estimate of drug-likeness (QED) is 0.927. The van der Waals surface area contributed by atoms with Crippen LogP contribution in [0.3, 0.4) is 0 Å². The number of hydrogen-bond acceptors (Lipinski definition) is 3. The number of carbonyl (C=O) groups excluding carboxylic acids is 1. The van der Waals surface area contributed by atoms with Gasteiger partial charge < -0.3 is 10.0 Å². The molecule has 118 valence electrons. The zero-order valence-corrected chi connectivity index (χ0v) is 13.5. The Bertz CT molecular complexity index is 495. The van der Waals surface area contributed by atoms with Gasteiger partial charge in [-0.3, -0.25) is 9.48 Å². The number of rotatable bonds is 4. The fourth-order valence-electron chi connectivity index (χ4n) is 3.02. The summed E-state index contributed by atoms with van der Waals surface area (Å²) < 4.78 is 1.80. The van der Waals surface area contributed by atoms with Gasteiger partial charge in [0.05, 0.1) is 6.61 Å². The summed E-state index contributed by atoms with van der Waals surface area (Å²) in [5.41, 5.74) is 0.329. The molecule has 0 unspecified atom stereocenters. The first-order chi connectivity index (χ1) is 9.89. The Morgan fingerprint density at radius 3 is 2.67 bits per heavy atom. The van der Waals surface area contributed by atoms with Crippen molar-refractivity contribution in [2.75, 3.05) is 19.7 Å². The molecule has 1 aromatic rings. The smallest absolute Gasteiger partial charge is 0.274 e. The van der Waals surface area contributed by atoms with Gasteiger partial charge in [0.1, 0.15) is 5.69 Å². The van der Waals surface area contributed by atoms with Gasteiger partial charge in [0.25, 0.3) is 5.91 Å². The molecule has 5 heteroatoms. The summed E-state index contributed by atoms with van der Waals surface area (Å²) in [5.74, 6) is 0.332. The largest absolute Gasteiger partial charge is 0.396 e. The van der Waals surface area contributed by atoms with Crippen LogP contribution in [-0.2, 0) is 0 Å². The van der Waals surface area contributed by atoms with Gasteiger partial charge >= 0.3 is 0 Å². The van der Waals surface area contributed by atoms with Crippen molar-refractivity contribution in [2.45, 2.75) is 46.6 Å². The van der Waals surface area contributed by atoms with E-state index in [9.17, 15) is 9.90 Å². The Kier molecular flexibility index (Phi) is 4.71. The molecule has 1 fully saturated rings. The molecule has 1 aromatic heterocycles. The molecule has 2 rings (SSSR count). The van der Waals surface area contributed by atoms with Gasteiger partial charge in [-0.2, -0.15) is 5.10 Å². The zero-order valence-electron chi connectivity index (χ0n) is 13.5. The fraction of sp³-hybridized carbons (Fsp3) is 0.750. The molecule has 0 spiro atoms. The van der Waals surface area contributed by atoms with Crippen LogP contribution in [0.25, 0.3) is 0 Å². The van der Waals surface area contributed by atoms with Crippen LogP contribution in [-0.4, -0.2) is 45.4 Å². The van der Waals surface area contributed by atoms with Gasteiger partial charge in [0.15, 0.2) is 0 Å². The van der Waals surface area contributed by atoms with Gasteiger partial charge in [-0.15, -0.1) is 0 Å². The third kappa shape index (κ3) is 3.12. The maximum absolute atomic E-state index is 12.6. The minimum Gasteiger partial charge on any atom is -0.396 e. The molecule has 0 saturated carbocycles. The van der Waals surface area contributed by atoms with E-state index < -0.39 is 0 Å². The second-order valence-corrected chi connectivity index (χ2v) is 6.78.